The van der Waals surface area contributed by atoms with Gasteiger partial charge in [0.1, 0.15) is 36.0 Å². The number of aliphatic carboxylic acids is 8. The minimum Gasteiger partial charge on any atom is -0.484 e. The number of benzene rings is 2. The minimum atomic E-state index is -1.58. The van der Waals surface area contributed by atoms with Gasteiger partial charge in [0, 0.05) is 97.0 Å². The number of aliphatic hydroxyl groups excluding tert-OH is 1. The van der Waals surface area contributed by atoms with Gasteiger partial charge >= 0.3 is 53.8 Å². The molecule has 0 saturated carbocycles. The fraction of sp³-hybridized carbons (Fsp3) is 0.554. The second kappa shape index (κ2) is 39.7. The average Bonchev–Trinajstić information content (AvgIpc) is 3.24. The number of nitrogens with zero attached hydrogens (tertiary/aromatic N) is 4. The molecule has 0 aromatic heterocycles. The molecule has 33 nitrogen and oxygen atoms in total. The van der Waals surface area contributed by atoms with E-state index in [1.165, 1.54) is 29.2 Å². The lowest BCUT2D eigenvalue weighted by Crippen LogP contribution is -2.53. The van der Waals surface area contributed by atoms with Crippen molar-refractivity contribution in [1.82, 2.24) is 51.5 Å². The van der Waals surface area contributed by atoms with Crippen LogP contribution in [0.15, 0.2) is 54.6 Å². The lowest BCUT2D eigenvalue weighted by molar-refractivity contribution is -0.146. The average molecular weight is 1260 g/mol. The Balaban J connectivity index is 1.53. The van der Waals surface area contributed by atoms with Gasteiger partial charge in [0.25, 0.3) is 5.91 Å². The SMILES string of the molecule is O=C(O)CCC(C(=O)O)N1CCN(CC(=O)O)CCN(C(CO)CCC(=O)NCC(=O)N[C@@H](Cc2ccc(OCC(=O)N[C@@H](Cc3ccccc3)C(=O)NCCCC[C@H](NC(=O)N[C@@H](CCC(=O)O)C(=O)O)C(=O)O)cc2)C(=O)O)CCN(CC(=O)O)CC1. The third-order valence-corrected chi connectivity index (χ3v) is 14.1. The summed E-state index contributed by atoms with van der Waals surface area (Å²) in [6, 6.07) is 5.90. The van der Waals surface area contributed by atoms with Gasteiger partial charge in [0.15, 0.2) is 6.61 Å². The molecule has 0 bridgehead atoms. The van der Waals surface area contributed by atoms with Crippen molar-refractivity contribution in [2.24, 2.45) is 0 Å². The van der Waals surface area contributed by atoms with Crippen molar-refractivity contribution in [1.29, 1.82) is 0 Å². The van der Waals surface area contributed by atoms with E-state index in [4.69, 9.17) is 9.84 Å². The molecule has 3 rings (SSSR count). The summed E-state index contributed by atoms with van der Waals surface area (Å²) in [5, 5.41) is 101. The molecule has 1 saturated heterocycles. The van der Waals surface area contributed by atoms with Crippen molar-refractivity contribution < 1.29 is 113 Å². The molecular weight excluding hydrogens is 1180 g/mol. The van der Waals surface area contributed by atoms with Crippen LogP contribution < -0.4 is 36.6 Å². The minimum absolute atomic E-state index is 0.00123. The first kappa shape index (κ1) is 74.2. The number of unbranched alkanes of at least 4 members (excludes halogenated alkanes) is 1. The summed E-state index contributed by atoms with van der Waals surface area (Å²) in [5.41, 5.74) is 1.12. The molecule has 89 heavy (non-hydrogen) atoms. The number of urea groups is 1. The van der Waals surface area contributed by atoms with Crippen molar-refractivity contribution in [3.8, 4) is 5.75 Å². The van der Waals surface area contributed by atoms with Gasteiger partial charge in [-0.05, 0) is 61.8 Å². The summed E-state index contributed by atoms with van der Waals surface area (Å²) in [4.78, 5) is 165. The number of carboxylic acids is 8. The lowest BCUT2D eigenvalue weighted by Gasteiger charge is -2.37. The molecule has 0 spiro atoms. The Kier molecular flexibility index (Phi) is 33.1. The van der Waals surface area contributed by atoms with Gasteiger partial charge in [-0.1, -0.05) is 42.5 Å². The third kappa shape index (κ3) is 30.4. The van der Waals surface area contributed by atoms with E-state index in [1.54, 1.807) is 45.0 Å². The number of hydrogen-bond acceptors (Lipinski definition) is 19. The lowest BCUT2D eigenvalue weighted by atomic mass is 10.0. The van der Waals surface area contributed by atoms with E-state index in [-0.39, 0.29) is 116 Å². The summed E-state index contributed by atoms with van der Waals surface area (Å²) >= 11 is 0. The van der Waals surface area contributed by atoms with Gasteiger partial charge in [-0.25, -0.2) is 19.2 Å². The van der Waals surface area contributed by atoms with Crippen LogP contribution in [0, 0.1) is 0 Å². The van der Waals surface area contributed by atoms with Crippen LogP contribution >= 0.6 is 0 Å². The van der Waals surface area contributed by atoms with Gasteiger partial charge in [0.05, 0.1) is 26.2 Å². The molecule has 6 amide bonds. The third-order valence-electron chi connectivity index (χ3n) is 14.1. The second-order valence-corrected chi connectivity index (χ2v) is 20.9. The van der Waals surface area contributed by atoms with Gasteiger partial charge < -0.3 is 82.6 Å². The predicted molar refractivity (Wildman–Crippen MR) is 308 cm³/mol. The van der Waals surface area contributed by atoms with E-state index in [9.17, 15) is 103 Å². The maximum absolute atomic E-state index is 13.4. The van der Waals surface area contributed by atoms with Gasteiger partial charge in [-0.2, -0.15) is 0 Å². The highest BCUT2D eigenvalue weighted by molar-refractivity contribution is 5.89. The Hall–Kier alpha value is -9.05. The molecule has 0 aliphatic carbocycles. The van der Waals surface area contributed by atoms with E-state index in [0.717, 1.165) is 0 Å². The molecule has 1 aliphatic heterocycles. The monoisotopic (exact) mass is 1260 g/mol. The van der Waals surface area contributed by atoms with E-state index in [2.05, 4.69) is 26.6 Å². The van der Waals surface area contributed by atoms with Crippen molar-refractivity contribution in [2.45, 2.75) is 107 Å². The van der Waals surface area contributed by atoms with Crippen LogP contribution in [0.25, 0.3) is 0 Å². The maximum atomic E-state index is 13.4. The molecule has 2 unspecified atom stereocenters. The van der Waals surface area contributed by atoms with Gasteiger partial charge in [0.2, 0.25) is 17.7 Å². The Morgan fingerprint density at radius 2 is 0.966 bits per heavy atom. The van der Waals surface area contributed by atoms with Crippen molar-refractivity contribution in [3.05, 3.63) is 65.7 Å². The van der Waals surface area contributed by atoms with Gasteiger partial charge in [-0.3, -0.25) is 62.8 Å². The first-order valence-corrected chi connectivity index (χ1v) is 28.5. The molecule has 1 fully saturated rings. The van der Waals surface area contributed by atoms with Crippen LogP contribution in [-0.4, -0.2) is 271 Å². The van der Waals surface area contributed by atoms with Crippen LogP contribution in [0.1, 0.15) is 68.9 Å². The van der Waals surface area contributed by atoms with Gasteiger partial charge in [-0.15, -0.1) is 0 Å². The molecule has 1 heterocycles. The van der Waals surface area contributed by atoms with Crippen LogP contribution in [-0.2, 0) is 70.4 Å². The highest BCUT2D eigenvalue weighted by atomic mass is 16.5. The van der Waals surface area contributed by atoms with E-state index >= 15 is 0 Å². The number of carboxylic acid groups (broad SMARTS) is 8. The topological polar surface area (TPSA) is 498 Å². The standard InChI is InChI=1S/C56H80N10O23/c67-33-37(65-24-20-63(31-49(75)76)22-26-66(43(55(86)87)15-18-48(73)74)27-23-64(21-25-65)32-50(77)78)11-16-44(68)58-30-45(69)60-42(54(84)85)29-36-9-12-38(13-10-36)89-34-46(70)59-41(28-35-6-2-1-3-7-35)51(79)57-19-5-4-8-39(52(80)81)61-56(88)62-40(53(82)83)14-17-47(71)72/h1-3,6-7,9-10,12-13,37,39-43,67H,4-5,8,11,14-34H2,(H,57,79)(H,58,68)(H,59,70)(H,60,69)(H,71,72)(H,73,74)(H,75,76)(H,77,78)(H,80,81)(H,82,83)(H,84,85)(H,86,87)(H2,61,62,88)/t37?,39-,40-,41-,42-,43?/m0/s1. The number of amides is 6. The normalized spacial score (nSPS) is 15.7. The molecule has 15 N–H and O–H groups in total. The number of rotatable bonds is 39. The number of ether oxygens (including phenoxy) is 1. The summed E-state index contributed by atoms with van der Waals surface area (Å²) in [7, 11) is 0. The smallest absolute Gasteiger partial charge is 0.326 e. The zero-order chi connectivity index (χ0) is 66.0. The zero-order valence-electron chi connectivity index (χ0n) is 48.9. The van der Waals surface area contributed by atoms with Crippen LogP contribution in [0.4, 0.5) is 4.79 Å². The van der Waals surface area contributed by atoms with Crippen molar-refractivity contribution >= 4 is 77.4 Å². The fourth-order valence-corrected chi connectivity index (χ4v) is 9.37. The quantitative estimate of drug-likeness (QED) is 0.0301. The molecule has 1 aliphatic rings. The van der Waals surface area contributed by atoms with Crippen LogP contribution in [0.5, 0.6) is 5.75 Å². The second-order valence-electron chi connectivity index (χ2n) is 20.9. The number of hydrogen-bond donors (Lipinski definition) is 15. The summed E-state index contributed by atoms with van der Waals surface area (Å²) in [5.74, 6) is -13.1. The molecule has 2 aromatic rings. The van der Waals surface area contributed by atoms with Crippen LogP contribution in [0.2, 0.25) is 0 Å². The van der Waals surface area contributed by atoms with E-state index in [1.807, 2.05) is 5.32 Å². The Labute approximate surface area is 510 Å². The summed E-state index contributed by atoms with van der Waals surface area (Å²) < 4.78 is 5.63. The predicted octanol–water partition coefficient (Wildman–Crippen LogP) is -2.77. The fourth-order valence-electron chi connectivity index (χ4n) is 9.37. The largest absolute Gasteiger partial charge is 0.484 e. The zero-order valence-corrected chi connectivity index (χ0v) is 48.9. The number of nitrogens with one attached hydrogen (secondary N) is 6. The molecule has 2 aromatic carbocycles. The Morgan fingerprint density at radius 3 is 1.48 bits per heavy atom. The molecular formula is C56H80N10O23. The summed E-state index contributed by atoms with van der Waals surface area (Å²) in [6.07, 6.45) is -1.79. The molecule has 0 radical (unpaired) electrons. The molecule has 6 atom stereocenters. The first-order valence-electron chi connectivity index (χ1n) is 28.5. The number of carbonyl (C=O) groups is 13. The highest BCUT2D eigenvalue weighted by Crippen LogP contribution is 2.16. The maximum Gasteiger partial charge on any atom is 0.326 e. The molecule has 33 heteroatoms. The Morgan fingerprint density at radius 1 is 0.461 bits per heavy atom. The first-order chi connectivity index (χ1) is 42.2. The number of carbonyl (C=O) groups excluding carboxylic acids is 5. The van der Waals surface area contributed by atoms with Crippen molar-refractivity contribution in [3.63, 3.8) is 0 Å². The number of aliphatic hydroxyl groups is 1. The summed E-state index contributed by atoms with van der Waals surface area (Å²) in [6.45, 7) is -2.03. The van der Waals surface area contributed by atoms with Crippen molar-refractivity contribution in [2.75, 3.05) is 91.8 Å². The van der Waals surface area contributed by atoms with E-state index < -0.39 is 166 Å². The van der Waals surface area contributed by atoms with Crippen LogP contribution in [0.3, 0.4) is 0 Å². The Bertz CT molecular complexity index is 2670. The highest BCUT2D eigenvalue weighted by Gasteiger charge is 2.31. The van der Waals surface area contributed by atoms with E-state index in [0.29, 0.717) is 11.1 Å². The molecule has 492 valence electrons.